The predicted octanol–water partition coefficient (Wildman–Crippen LogP) is 3.29. The number of aromatic nitrogens is 3. The Labute approximate surface area is 183 Å². The summed E-state index contributed by atoms with van der Waals surface area (Å²) in [5, 5.41) is 10.2. The summed E-state index contributed by atoms with van der Waals surface area (Å²) in [4.78, 5) is 33.0. The predicted molar refractivity (Wildman–Crippen MR) is 117 cm³/mol. The summed E-state index contributed by atoms with van der Waals surface area (Å²) in [5.41, 5.74) is 0.852. The lowest BCUT2D eigenvalue weighted by atomic mass is 9.85. The Hall–Kier alpha value is -2.77. The number of pyridine rings is 1. The summed E-state index contributed by atoms with van der Waals surface area (Å²) < 4.78 is 5.28. The minimum absolute atomic E-state index is 0.0372. The van der Waals surface area contributed by atoms with Crippen LogP contribution in [-0.2, 0) is 16.0 Å². The van der Waals surface area contributed by atoms with E-state index in [1.165, 1.54) is 0 Å². The molecule has 31 heavy (non-hydrogen) atoms. The van der Waals surface area contributed by atoms with Crippen molar-refractivity contribution in [2.75, 3.05) is 0 Å². The van der Waals surface area contributed by atoms with Crippen molar-refractivity contribution < 1.29 is 14.1 Å². The molecule has 8 nitrogen and oxygen atoms in total. The van der Waals surface area contributed by atoms with Crippen LogP contribution in [0.15, 0.2) is 29.0 Å². The molecule has 2 N–H and O–H groups in total. The first kappa shape index (κ1) is 22.9. The van der Waals surface area contributed by atoms with Crippen LogP contribution < -0.4 is 10.6 Å². The molecule has 0 aliphatic heterocycles. The van der Waals surface area contributed by atoms with Crippen LogP contribution in [0.2, 0.25) is 0 Å². The number of rotatable bonds is 9. The van der Waals surface area contributed by atoms with Crippen molar-refractivity contribution in [3.63, 3.8) is 0 Å². The van der Waals surface area contributed by atoms with Gasteiger partial charge in [-0.05, 0) is 57.1 Å². The standard InChI is InChI=1S/C23H33N5O3/c1-15(2)16(3)25-23(30)18-7-9-19(10-8-18)26-20(29)5-4-6-21-27-22(28-31-21)17-11-13-24-14-12-17/h11-16,18-19H,4-10H2,1-3H3,(H,25,30)(H,26,29)/t16-,18?,19?/m0/s1. The van der Waals surface area contributed by atoms with Gasteiger partial charge in [0, 0.05) is 48.8 Å². The molecule has 2 aromatic heterocycles. The monoisotopic (exact) mass is 427 g/mol. The van der Waals surface area contributed by atoms with E-state index in [4.69, 9.17) is 4.52 Å². The zero-order valence-corrected chi connectivity index (χ0v) is 18.6. The van der Waals surface area contributed by atoms with Gasteiger partial charge in [-0.1, -0.05) is 19.0 Å². The van der Waals surface area contributed by atoms with Crippen LogP contribution >= 0.6 is 0 Å². The quantitative estimate of drug-likeness (QED) is 0.635. The van der Waals surface area contributed by atoms with Gasteiger partial charge < -0.3 is 15.2 Å². The molecule has 1 atom stereocenters. The first-order valence-electron chi connectivity index (χ1n) is 11.2. The summed E-state index contributed by atoms with van der Waals surface area (Å²) in [5.74, 6) is 1.73. The van der Waals surface area contributed by atoms with Gasteiger partial charge in [0.1, 0.15) is 0 Å². The van der Waals surface area contributed by atoms with Crippen molar-refractivity contribution in [2.24, 2.45) is 11.8 Å². The van der Waals surface area contributed by atoms with Crippen molar-refractivity contribution in [3.05, 3.63) is 30.4 Å². The van der Waals surface area contributed by atoms with E-state index in [1.807, 2.05) is 19.1 Å². The van der Waals surface area contributed by atoms with Crippen LogP contribution in [0.5, 0.6) is 0 Å². The summed E-state index contributed by atoms with van der Waals surface area (Å²) >= 11 is 0. The zero-order valence-electron chi connectivity index (χ0n) is 18.6. The van der Waals surface area contributed by atoms with E-state index < -0.39 is 0 Å². The fourth-order valence-corrected chi connectivity index (χ4v) is 3.68. The second-order valence-electron chi connectivity index (χ2n) is 8.76. The molecule has 1 aliphatic rings. The summed E-state index contributed by atoms with van der Waals surface area (Å²) in [7, 11) is 0. The number of carbonyl (C=O) groups excluding carboxylic acids is 2. The van der Waals surface area contributed by atoms with Crippen molar-refractivity contribution in [1.29, 1.82) is 0 Å². The average molecular weight is 428 g/mol. The van der Waals surface area contributed by atoms with Crippen LogP contribution in [0.1, 0.15) is 65.2 Å². The molecule has 2 heterocycles. The molecule has 168 valence electrons. The van der Waals surface area contributed by atoms with E-state index in [2.05, 4.69) is 39.6 Å². The van der Waals surface area contributed by atoms with Gasteiger partial charge in [-0.15, -0.1) is 0 Å². The average Bonchev–Trinajstić information content (AvgIpc) is 3.23. The fourth-order valence-electron chi connectivity index (χ4n) is 3.68. The van der Waals surface area contributed by atoms with Gasteiger partial charge in [-0.25, -0.2) is 0 Å². The molecule has 1 saturated carbocycles. The Morgan fingerprint density at radius 1 is 1.13 bits per heavy atom. The lowest BCUT2D eigenvalue weighted by molar-refractivity contribution is -0.127. The van der Waals surface area contributed by atoms with E-state index >= 15 is 0 Å². The molecule has 1 aliphatic carbocycles. The first-order valence-corrected chi connectivity index (χ1v) is 11.2. The maximum absolute atomic E-state index is 12.4. The second-order valence-corrected chi connectivity index (χ2v) is 8.76. The topological polar surface area (TPSA) is 110 Å². The van der Waals surface area contributed by atoms with E-state index in [0.717, 1.165) is 31.2 Å². The van der Waals surface area contributed by atoms with Crippen LogP contribution in [-0.4, -0.2) is 39.0 Å². The lowest BCUT2D eigenvalue weighted by Gasteiger charge is -2.29. The number of hydrogen-bond donors (Lipinski definition) is 2. The molecule has 0 bridgehead atoms. The molecule has 2 amide bonds. The maximum Gasteiger partial charge on any atom is 0.226 e. The van der Waals surface area contributed by atoms with Crippen molar-refractivity contribution in [2.45, 2.75) is 77.8 Å². The van der Waals surface area contributed by atoms with Gasteiger partial charge in [-0.3, -0.25) is 14.6 Å². The normalized spacial score (nSPS) is 19.7. The minimum Gasteiger partial charge on any atom is -0.353 e. The van der Waals surface area contributed by atoms with Gasteiger partial charge in [0.25, 0.3) is 0 Å². The lowest BCUT2D eigenvalue weighted by Crippen LogP contribution is -2.43. The summed E-state index contributed by atoms with van der Waals surface area (Å²) in [6.07, 6.45) is 8.32. The molecule has 8 heteroatoms. The van der Waals surface area contributed by atoms with E-state index in [0.29, 0.717) is 36.9 Å². The van der Waals surface area contributed by atoms with E-state index in [-0.39, 0.29) is 29.8 Å². The van der Waals surface area contributed by atoms with Crippen LogP contribution in [0.3, 0.4) is 0 Å². The van der Waals surface area contributed by atoms with E-state index in [1.54, 1.807) is 12.4 Å². The highest BCUT2D eigenvalue weighted by molar-refractivity contribution is 5.79. The Morgan fingerprint density at radius 2 is 1.84 bits per heavy atom. The third-order valence-electron chi connectivity index (χ3n) is 6.03. The number of hydrogen-bond acceptors (Lipinski definition) is 6. The van der Waals surface area contributed by atoms with Gasteiger partial charge in [-0.2, -0.15) is 4.98 Å². The highest BCUT2D eigenvalue weighted by Gasteiger charge is 2.28. The number of amides is 2. The number of aryl methyl sites for hydroxylation is 1. The molecular weight excluding hydrogens is 394 g/mol. The third-order valence-corrected chi connectivity index (χ3v) is 6.03. The van der Waals surface area contributed by atoms with Crippen LogP contribution in [0, 0.1) is 11.8 Å². The molecule has 0 unspecified atom stereocenters. The molecular formula is C23H33N5O3. The van der Waals surface area contributed by atoms with Crippen molar-refractivity contribution >= 4 is 11.8 Å². The molecule has 0 radical (unpaired) electrons. The fraction of sp³-hybridized carbons (Fsp3) is 0.609. The first-order chi connectivity index (χ1) is 14.9. The minimum atomic E-state index is 0.0372. The largest absolute Gasteiger partial charge is 0.353 e. The highest BCUT2D eigenvalue weighted by Crippen LogP contribution is 2.25. The SMILES string of the molecule is CC(C)[C@H](C)NC(=O)C1CCC(NC(=O)CCCc2nc(-c3ccncc3)no2)CC1. The van der Waals surface area contributed by atoms with Gasteiger partial charge in [0.15, 0.2) is 0 Å². The van der Waals surface area contributed by atoms with Gasteiger partial charge >= 0.3 is 0 Å². The van der Waals surface area contributed by atoms with Crippen LogP contribution in [0.25, 0.3) is 11.4 Å². The highest BCUT2D eigenvalue weighted by atomic mass is 16.5. The Morgan fingerprint density at radius 3 is 2.52 bits per heavy atom. The summed E-state index contributed by atoms with van der Waals surface area (Å²) in [6.45, 7) is 6.26. The molecule has 0 aromatic carbocycles. The Kier molecular flexibility index (Phi) is 8.14. The Balaban J connectivity index is 1.34. The van der Waals surface area contributed by atoms with Crippen molar-refractivity contribution in [3.8, 4) is 11.4 Å². The van der Waals surface area contributed by atoms with Gasteiger partial charge in [0.05, 0.1) is 0 Å². The number of nitrogens with zero attached hydrogens (tertiary/aromatic N) is 3. The van der Waals surface area contributed by atoms with Crippen molar-refractivity contribution in [1.82, 2.24) is 25.8 Å². The molecule has 1 fully saturated rings. The number of carbonyl (C=O) groups is 2. The molecule has 0 spiro atoms. The summed E-state index contributed by atoms with van der Waals surface area (Å²) in [6, 6.07) is 3.99. The molecule has 0 saturated heterocycles. The molecule has 2 aromatic rings. The third kappa shape index (κ3) is 6.87. The number of nitrogens with one attached hydrogen (secondary N) is 2. The molecule has 3 rings (SSSR count). The van der Waals surface area contributed by atoms with Crippen LogP contribution in [0.4, 0.5) is 0 Å². The van der Waals surface area contributed by atoms with E-state index in [9.17, 15) is 9.59 Å². The van der Waals surface area contributed by atoms with Gasteiger partial charge in [0.2, 0.25) is 23.5 Å². The smallest absolute Gasteiger partial charge is 0.226 e. The zero-order chi connectivity index (χ0) is 22.2. The second kappa shape index (κ2) is 11.0. The maximum atomic E-state index is 12.4. The Bertz CT molecular complexity index is 844.